The fourth-order valence-corrected chi connectivity index (χ4v) is 6.57. The Morgan fingerprint density at radius 2 is 1.43 bits per heavy atom. The number of furan rings is 1. The van der Waals surface area contributed by atoms with Crippen LogP contribution in [-0.2, 0) is 20.1 Å². The van der Waals surface area contributed by atoms with Crippen LogP contribution in [0.1, 0.15) is 30.9 Å². The molecule has 0 N–H and O–H groups in total. The molecule has 4 aromatic carbocycles. The van der Waals surface area contributed by atoms with Crippen LogP contribution in [0.15, 0.2) is 120 Å². The second kappa shape index (κ2) is 14.1. The smallest absolute Gasteiger partial charge is 0.121 e. The van der Waals surface area contributed by atoms with Gasteiger partial charge in [-0.2, -0.15) is 0 Å². The zero-order chi connectivity index (χ0) is 31.6. The van der Waals surface area contributed by atoms with Crippen molar-refractivity contribution in [1.29, 1.82) is 0 Å². The molecule has 0 saturated carbocycles. The molecule has 7 aromatic rings. The van der Waals surface area contributed by atoms with Crippen LogP contribution in [0, 0.1) is 19.1 Å². The van der Waals surface area contributed by atoms with Crippen molar-refractivity contribution >= 4 is 35.2 Å². The Labute approximate surface area is 287 Å². The summed E-state index contributed by atoms with van der Waals surface area (Å²) in [5.74, 6) is 0.464. The maximum atomic E-state index is 6.13. The number of benzene rings is 4. The first-order valence-electron chi connectivity index (χ1n) is 15.5. The second-order valence-electron chi connectivity index (χ2n) is 12.8. The molecule has 1 radical (unpaired) electrons. The minimum Gasteiger partial charge on any atom is -0.500 e. The van der Waals surface area contributed by atoms with E-state index in [0.717, 1.165) is 50.0 Å². The molecular weight excluding hydrogens is 757 g/mol. The Morgan fingerprint density at radius 1 is 0.674 bits per heavy atom. The molecule has 233 valence electrons. The standard InChI is InChI=1S/C27H22NO.C14H16NSi.Ir/c1-17(2)23-15-25(28-16-18(23)3)21-10-12-26-24(13-21)22-11-9-20(14-27(22)29-26)19-7-5-4-6-8-19;1-16(2,3)13-9-10-14(15-11-13)12-7-5-4-6-8-12;/h4-9,11-17H,1-3H3;4-7,9-11H,1-3H3;/q2*-1;. The van der Waals surface area contributed by atoms with Gasteiger partial charge in [-0.05, 0) is 57.7 Å². The van der Waals surface area contributed by atoms with Crippen LogP contribution >= 0.6 is 0 Å². The van der Waals surface area contributed by atoms with Gasteiger partial charge in [0.15, 0.2) is 0 Å². The average Bonchev–Trinajstić information content (AvgIpc) is 3.43. The molecule has 0 saturated heterocycles. The van der Waals surface area contributed by atoms with Crippen molar-refractivity contribution in [3.63, 3.8) is 0 Å². The SMILES string of the molecule is C[Si](C)(C)c1ccc(-c2[c-]cccc2)nc1.Cc1cnc(-c2[c-]cc3oc4cc(-c5ccccc5)ccc4c3c2)cc1C(C)C.[Ir]. The van der Waals surface area contributed by atoms with Gasteiger partial charge in [0, 0.05) is 37.9 Å². The normalized spacial score (nSPS) is 11.3. The van der Waals surface area contributed by atoms with Crippen LogP contribution in [0.3, 0.4) is 0 Å². The summed E-state index contributed by atoms with van der Waals surface area (Å²) in [5, 5.41) is 3.61. The minimum atomic E-state index is -1.23. The summed E-state index contributed by atoms with van der Waals surface area (Å²) in [6, 6.07) is 41.9. The van der Waals surface area contributed by atoms with E-state index in [0.29, 0.717) is 5.92 Å². The maximum Gasteiger partial charge on any atom is 0.121 e. The van der Waals surface area contributed by atoms with E-state index in [4.69, 9.17) is 4.42 Å². The summed E-state index contributed by atoms with van der Waals surface area (Å²) in [5.41, 5.74) is 10.7. The topological polar surface area (TPSA) is 38.9 Å². The van der Waals surface area contributed by atoms with E-state index in [1.54, 1.807) is 0 Å². The Morgan fingerprint density at radius 3 is 2.11 bits per heavy atom. The molecule has 3 heterocycles. The van der Waals surface area contributed by atoms with Gasteiger partial charge in [-0.25, -0.2) is 0 Å². The quantitative estimate of drug-likeness (QED) is 0.129. The Hall–Kier alpha value is -4.15. The van der Waals surface area contributed by atoms with Crippen molar-refractivity contribution in [3.8, 4) is 33.6 Å². The molecule has 3 nitrogen and oxygen atoms in total. The van der Waals surface area contributed by atoms with Gasteiger partial charge in [0.1, 0.15) is 5.58 Å². The van der Waals surface area contributed by atoms with Gasteiger partial charge in [-0.1, -0.05) is 99.5 Å². The summed E-state index contributed by atoms with van der Waals surface area (Å²) in [6.07, 6.45) is 3.98. The van der Waals surface area contributed by atoms with Crippen LogP contribution in [0.5, 0.6) is 0 Å². The molecule has 0 bridgehead atoms. The third-order valence-corrected chi connectivity index (χ3v) is 10.2. The van der Waals surface area contributed by atoms with Crippen LogP contribution in [0.25, 0.3) is 55.6 Å². The zero-order valence-corrected chi connectivity index (χ0v) is 30.6. The molecule has 0 aliphatic heterocycles. The number of fused-ring (bicyclic) bond motifs is 3. The van der Waals surface area contributed by atoms with Crippen LogP contribution in [0.4, 0.5) is 0 Å². The Balaban J connectivity index is 0.000000209. The first-order chi connectivity index (χ1) is 21.7. The predicted octanol–water partition coefficient (Wildman–Crippen LogP) is 10.6. The molecule has 5 heteroatoms. The maximum absolute atomic E-state index is 6.13. The number of pyridine rings is 2. The molecular formula is C41H38IrN2OSi-2. The molecule has 0 amide bonds. The fraction of sp³-hybridized carbons (Fsp3) is 0.171. The molecule has 3 aromatic heterocycles. The van der Waals surface area contributed by atoms with Crippen molar-refractivity contribution in [1.82, 2.24) is 9.97 Å². The summed E-state index contributed by atoms with van der Waals surface area (Å²) in [7, 11) is -1.23. The minimum absolute atomic E-state index is 0. The molecule has 0 unspecified atom stereocenters. The fourth-order valence-electron chi connectivity index (χ4n) is 5.54. The van der Waals surface area contributed by atoms with E-state index in [9.17, 15) is 0 Å². The first-order valence-corrected chi connectivity index (χ1v) is 19.0. The van der Waals surface area contributed by atoms with Crippen molar-refractivity contribution in [2.45, 2.75) is 46.3 Å². The second-order valence-corrected chi connectivity index (χ2v) is 17.9. The molecule has 0 aliphatic rings. The third-order valence-electron chi connectivity index (χ3n) is 8.17. The number of aromatic nitrogens is 2. The van der Waals surface area contributed by atoms with E-state index >= 15 is 0 Å². The third kappa shape index (κ3) is 7.29. The molecule has 46 heavy (non-hydrogen) atoms. The van der Waals surface area contributed by atoms with Gasteiger partial charge >= 0.3 is 0 Å². The number of hydrogen-bond acceptors (Lipinski definition) is 3. The van der Waals surface area contributed by atoms with Crippen LogP contribution < -0.4 is 5.19 Å². The summed E-state index contributed by atoms with van der Waals surface area (Å²) in [4.78, 5) is 9.17. The number of rotatable bonds is 5. The van der Waals surface area contributed by atoms with Gasteiger partial charge in [0.05, 0.1) is 13.7 Å². The van der Waals surface area contributed by atoms with Crippen LogP contribution in [-0.4, -0.2) is 18.0 Å². The number of nitrogens with zero attached hydrogens (tertiary/aromatic N) is 2. The molecule has 7 rings (SSSR count). The zero-order valence-electron chi connectivity index (χ0n) is 27.2. The summed E-state index contributed by atoms with van der Waals surface area (Å²) >= 11 is 0. The van der Waals surface area contributed by atoms with Crippen molar-refractivity contribution in [2.24, 2.45) is 0 Å². The van der Waals surface area contributed by atoms with E-state index in [1.807, 2.05) is 48.8 Å². The Bertz CT molecular complexity index is 2060. The van der Waals surface area contributed by atoms with Gasteiger partial charge in [-0.3, -0.25) is 0 Å². The van der Waals surface area contributed by atoms with E-state index in [2.05, 4.69) is 129 Å². The molecule has 0 spiro atoms. The van der Waals surface area contributed by atoms with E-state index in [-0.39, 0.29) is 20.1 Å². The number of hydrogen-bond donors (Lipinski definition) is 0. The number of aryl methyl sites for hydroxylation is 1. The summed E-state index contributed by atoms with van der Waals surface area (Å²) < 4.78 is 6.13. The van der Waals surface area contributed by atoms with E-state index in [1.165, 1.54) is 21.9 Å². The van der Waals surface area contributed by atoms with Gasteiger partial charge in [0.25, 0.3) is 0 Å². The first kappa shape index (κ1) is 33.2. The summed E-state index contributed by atoms with van der Waals surface area (Å²) in [6.45, 7) is 13.5. The van der Waals surface area contributed by atoms with Crippen molar-refractivity contribution < 1.29 is 24.5 Å². The van der Waals surface area contributed by atoms with Crippen molar-refractivity contribution in [2.75, 3.05) is 0 Å². The molecule has 0 aliphatic carbocycles. The van der Waals surface area contributed by atoms with E-state index < -0.39 is 8.07 Å². The van der Waals surface area contributed by atoms with Crippen LogP contribution in [0.2, 0.25) is 19.6 Å². The monoisotopic (exact) mass is 795 g/mol. The van der Waals surface area contributed by atoms with Gasteiger partial charge in [0.2, 0.25) is 0 Å². The molecule has 0 fully saturated rings. The van der Waals surface area contributed by atoms with Gasteiger partial charge < -0.3 is 14.4 Å². The average molecular weight is 795 g/mol. The largest absolute Gasteiger partial charge is 0.500 e. The van der Waals surface area contributed by atoms with Gasteiger partial charge in [-0.15, -0.1) is 59.7 Å². The van der Waals surface area contributed by atoms with Crippen molar-refractivity contribution in [3.05, 3.63) is 139 Å². The Kier molecular flexibility index (Phi) is 10.2. The predicted molar refractivity (Wildman–Crippen MR) is 192 cm³/mol. The molecule has 0 atom stereocenters.